The highest BCUT2D eigenvalue weighted by molar-refractivity contribution is 5.77. The lowest BCUT2D eigenvalue weighted by atomic mass is 9.79. The topological polar surface area (TPSA) is 32.8 Å². The van der Waals surface area contributed by atoms with E-state index in [1.54, 1.807) is 7.11 Å². The van der Waals surface area contributed by atoms with Gasteiger partial charge >= 0.3 is 0 Å². The van der Waals surface area contributed by atoms with Gasteiger partial charge in [0.05, 0.1) is 0 Å². The lowest BCUT2D eigenvalue weighted by Gasteiger charge is -2.40. The number of carbonyl (C=O) groups is 1. The molecule has 0 N–H and O–H groups in total. The normalized spacial score (nSPS) is 25.6. The van der Waals surface area contributed by atoms with E-state index in [0.29, 0.717) is 0 Å². The van der Waals surface area contributed by atoms with Crippen LogP contribution in [0.2, 0.25) is 0 Å². The summed E-state index contributed by atoms with van der Waals surface area (Å²) in [6.45, 7) is 4.14. The van der Waals surface area contributed by atoms with Crippen LogP contribution < -0.4 is 4.90 Å². The number of piperidine rings is 1. The first-order valence-corrected chi connectivity index (χ1v) is 7.79. The standard InChI is InChI=1S/C17H24N2O2/c1-21-12-16(20)19-10-5-8-17(14-19)9-11-18(13-17)15-6-3-2-4-7-15/h2-4,6-7H,5,8-14H2,1H3/t17-/m0/s1. The summed E-state index contributed by atoms with van der Waals surface area (Å²) >= 11 is 0. The van der Waals surface area contributed by atoms with Gasteiger partial charge in [0.1, 0.15) is 6.61 Å². The Kier molecular flexibility index (Phi) is 4.15. The van der Waals surface area contributed by atoms with E-state index in [1.165, 1.54) is 18.5 Å². The zero-order chi connectivity index (χ0) is 14.7. The molecule has 1 aromatic carbocycles. The molecule has 2 saturated heterocycles. The molecule has 114 valence electrons. The van der Waals surface area contributed by atoms with E-state index in [2.05, 4.69) is 35.2 Å². The van der Waals surface area contributed by atoms with E-state index in [9.17, 15) is 4.79 Å². The zero-order valence-electron chi connectivity index (χ0n) is 12.8. The quantitative estimate of drug-likeness (QED) is 0.854. The van der Waals surface area contributed by atoms with Gasteiger partial charge in [-0.05, 0) is 31.4 Å². The smallest absolute Gasteiger partial charge is 0.248 e. The number of hydrogen-bond acceptors (Lipinski definition) is 3. The molecule has 3 rings (SSSR count). The van der Waals surface area contributed by atoms with Crippen LogP contribution in [-0.4, -0.2) is 50.7 Å². The van der Waals surface area contributed by atoms with E-state index >= 15 is 0 Å². The Hall–Kier alpha value is -1.55. The summed E-state index contributed by atoms with van der Waals surface area (Å²) in [5, 5.41) is 0. The number of methoxy groups -OCH3 is 1. The summed E-state index contributed by atoms with van der Waals surface area (Å²) in [5.41, 5.74) is 1.58. The van der Waals surface area contributed by atoms with E-state index < -0.39 is 0 Å². The Balaban J connectivity index is 1.67. The van der Waals surface area contributed by atoms with Crippen LogP contribution in [0.1, 0.15) is 19.3 Å². The summed E-state index contributed by atoms with van der Waals surface area (Å²) in [7, 11) is 1.59. The van der Waals surface area contributed by atoms with Crippen molar-refractivity contribution in [3.63, 3.8) is 0 Å². The monoisotopic (exact) mass is 288 g/mol. The van der Waals surface area contributed by atoms with Crippen molar-refractivity contribution in [2.75, 3.05) is 44.8 Å². The van der Waals surface area contributed by atoms with Crippen molar-refractivity contribution >= 4 is 11.6 Å². The number of hydrogen-bond donors (Lipinski definition) is 0. The van der Waals surface area contributed by atoms with Gasteiger partial charge < -0.3 is 14.5 Å². The van der Waals surface area contributed by atoms with Gasteiger partial charge in [0.15, 0.2) is 0 Å². The minimum Gasteiger partial charge on any atom is -0.375 e. The van der Waals surface area contributed by atoms with Crippen molar-refractivity contribution in [3.8, 4) is 0 Å². The number of ether oxygens (including phenoxy) is 1. The summed E-state index contributed by atoms with van der Waals surface area (Å²) in [6, 6.07) is 10.6. The number of likely N-dealkylation sites (tertiary alicyclic amines) is 1. The molecule has 0 radical (unpaired) electrons. The summed E-state index contributed by atoms with van der Waals surface area (Å²) in [6.07, 6.45) is 3.52. The first-order valence-electron chi connectivity index (χ1n) is 7.79. The molecule has 0 aliphatic carbocycles. The lowest BCUT2D eigenvalue weighted by Crippen LogP contribution is -2.48. The molecule has 0 bridgehead atoms. The number of benzene rings is 1. The van der Waals surface area contributed by atoms with E-state index in [4.69, 9.17) is 4.74 Å². The Morgan fingerprint density at radius 1 is 1.19 bits per heavy atom. The largest absolute Gasteiger partial charge is 0.375 e. The highest BCUT2D eigenvalue weighted by atomic mass is 16.5. The van der Waals surface area contributed by atoms with Gasteiger partial charge in [0.2, 0.25) is 5.91 Å². The maximum atomic E-state index is 12.1. The van der Waals surface area contributed by atoms with Gasteiger partial charge in [-0.15, -0.1) is 0 Å². The van der Waals surface area contributed by atoms with Gasteiger partial charge in [0.25, 0.3) is 0 Å². The molecule has 2 aliphatic heterocycles. The predicted octanol–water partition coefficient (Wildman–Crippen LogP) is 2.15. The Bertz CT molecular complexity index is 491. The number of nitrogens with zero attached hydrogens (tertiary/aromatic N) is 2. The van der Waals surface area contributed by atoms with Crippen molar-refractivity contribution < 1.29 is 9.53 Å². The van der Waals surface area contributed by atoms with Gasteiger partial charge in [-0.2, -0.15) is 0 Å². The second kappa shape index (κ2) is 6.06. The first-order chi connectivity index (χ1) is 10.2. The average Bonchev–Trinajstić information content (AvgIpc) is 2.92. The van der Waals surface area contributed by atoms with E-state index in [-0.39, 0.29) is 17.9 Å². The number of carbonyl (C=O) groups excluding carboxylic acids is 1. The number of rotatable bonds is 3. The third-order valence-corrected chi connectivity index (χ3v) is 4.84. The van der Waals surface area contributed by atoms with Crippen molar-refractivity contribution in [3.05, 3.63) is 30.3 Å². The van der Waals surface area contributed by atoms with Gasteiger partial charge in [-0.3, -0.25) is 4.79 Å². The van der Waals surface area contributed by atoms with Crippen LogP contribution in [0.3, 0.4) is 0 Å². The Morgan fingerprint density at radius 2 is 2.00 bits per heavy atom. The molecular formula is C17H24N2O2. The van der Waals surface area contributed by atoms with Crippen molar-refractivity contribution in [1.29, 1.82) is 0 Å². The third-order valence-electron chi connectivity index (χ3n) is 4.84. The molecular weight excluding hydrogens is 264 g/mol. The van der Waals surface area contributed by atoms with Crippen LogP contribution in [-0.2, 0) is 9.53 Å². The van der Waals surface area contributed by atoms with Gasteiger partial charge in [0, 0.05) is 44.4 Å². The van der Waals surface area contributed by atoms with Crippen LogP contribution >= 0.6 is 0 Å². The molecule has 2 aliphatic rings. The SMILES string of the molecule is COCC(=O)N1CCC[C@@]2(CCN(c3ccccc3)C2)C1. The third kappa shape index (κ3) is 3.05. The lowest BCUT2D eigenvalue weighted by molar-refractivity contribution is -0.138. The molecule has 1 spiro atoms. The molecule has 0 unspecified atom stereocenters. The molecule has 1 aromatic rings. The fraction of sp³-hybridized carbons (Fsp3) is 0.588. The zero-order valence-corrected chi connectivity index (χ0v) is 12.8. The van der Waals surface area contributed by atoms with Crippen LogP contribution in [0, 0.1) is 5.41 Å². The second-order valence-corrected chi connectivity index (χ2v) is 6.36. The van der Waals surface area contributed by atoms with Crippen LogP contribution in [0.5, 0.6) is 0 Å². The minimum atomic E-state index is 0.134. The van der Waals surface area contributed by atoms with Crippen molar-refractivity contribution in [2.24, 2.45) is 5.41 Å². The molecule has 1 atom stereocenters. The maximum Gasteiger partial charge on any atom is 0.248 e. The molecule has 1 amide bonds. The fourth-order valence-corrected chi connectivity index (χ4v) is 3.76. The highest BCUT2D eigenvalue weighted by Crippen LogP contribution is 2.40. The van der Waals surface area contributed by atoms with Crippen LogP contribution in [0.4, 0.5) is 5.69 Å². The average molecular weight is 288 g/mol. The van der Waals surface area contributed by atoms with Crippen molar-refractivity contribution in [2.45, 2.75) is 19.3 Å². The highest BCUT2D eigenvalue weighted by Gasteiger charge is 2.42. The molecule has 0 aromatic heterocycles. The van der Waals surface area contributed by atoms with Crippen LogP contribution in [0.25, 0.3) is 0 Å². The molecule has 2 heterocycles. The van der Waals surface area contributed by atoms with Gasteiger partial charge in [-0.1, -0.05) is 18.2 Å². The maximum absolute atomic E-state index is 12.1. The van der Waals surface area contributed by atoms with Gasteiger partial charge in [-0.25, -0.2) is 0 Å². The molecule has 4 nitrogen and oxygen atoms in total. The fourth-order valence-electron chi connectivity index (χ4n) is 3.76. The molecule has 0 saturated carbocycles. The minimum absolute atomic E-state index is 0.134. The summed E-state index contributed by atoms with van der Waals surface area (Å²) in [4.78, 5) is 16.5. The molecule has 2 fully saturated rings. The summed E-state index contributed by atoms with van der Waals surface area (Å²) in [5.74, 6) is 0.134. The summed E-state index contributed by atoms with van der Waals surface area (Å²) < 4.78 is 5.00. The van der Waals surface area contributed by atoms with E-state index in [1.807, 2.05) is 4.90 Å². The predicted molar refractivity (Wildman–Crippen MR) is 83.4 cm³/mol. The molecule has 4 heteroatoms. The Labute approximate surface area is 126 Å². The van der Waals surface area contributed by atoms with E-state index in [0.717, 1.165) is 32.6 Å². The molecule has 21 heavy (non-hydrogen) atoms. The number of para-hydroxylation sites is 1. The van der Waals surface area contributed by atoms with Crippen LogP contribution in [0.15, 0.2) is 30.3 Å². The second-order valence-electron chi connectivity index (χ2n) is 6.36. The van der Waals surface area contributed by atoms with Crippen molar-refractivity contribution in [1.82, 2.24) is 4.90 Å². The number of anilines is 1. The Morgan fingerprint density at radius 3 is 2.76 bits per heavy atom. The number of amides is 1. The first kappa shape index (κ1) is 14.4.